The molecule has 2 aromatic rings. The summed E-state index contributed by atoms with van der Waals surface area (Å²) in [6, 6.07) is 13.1. The van der Waals surface area contributed by atoms with Gasteiger partial charge in [-0.1, -0.05) is 26.0 Å². The van der Waals surface area contributed by atoms with Crippen molar-refractivity contribution >= 4 is 23.4 Å². The second-order valence-electron chi connectivity index (χ2n) is 5.70. The fourth-order valence-corrected chi connectivity index (χ4v) is 3.09. The Bertz CT molecular complexity index is 784. The predicted molar refractivity (Wildman–Crippen MR) is 100 cm³/mol. The molecular weight excluding hydrogens is 334 g/mol. The molecule has 2 rings (SSSR count). The lowest BCUT2D eigenvalue weighted by atomic mass is 10.1. The van der Waals surface area contributed by atoms with Crippen LogP contribution in [0.2, 0.25) is 0 Å². The van der Waals surface area contributed by atoms with Gasteiger partial charge < -0.3 is 10.1 Å². The van der Waals surface area contributed by atoms with Gasteiger partial charge in [0.1, 0.15) is 16.8 Å². The highest BCUT2D eigenvalue weighted by molar-refractivity contribution is 7.99. The third-order valence-electron chi connectivity index (χ3n) is 3.54. The lowest BCUT2D eigenvalue weighted by Gasteiger charge is -2.10. The molecule has 0 fully saturated rings. The number of para-hydroxylation sites is 2. The molecule has 0 bridgehead atoms. The van der Waals surface area contributed by atoms with Gasteiger partial charge in [0.2, 0.25) is 5.91 Å². The van der Waals surface area contributed by atoms with E-state index in [4.69, 9.17) is 4.74 Å². The maximum Gasteiger partial charge on any atom is 0.225 e. The Labute approximate surface area is 152 Å². The van der Waals surface area contributed by atoms with E-state index in [1.54, 1.807) is 25.3 Å². The Morgan fingerprint density at radius 3 is 2.76 bits per heavy atom. The number of hydrogen-bond acceptors (Lipinski definition) is 5. The first-order chi connectivity index (χ1) is 12.0. The SMILES string of the molecule is COc1ccccc1NC(=O)CCSc1nc(C(C)C)ccc1C#N. The molecule has 0 aliphatic heterocycles. The van der Waals surface area contributed by atoms with Gasteiger partial charge in [0, 0.05) is 17.9 Å². The number of hydrogen-bond donors (Lipinski definition) is 1. The van der Waals surface area contributed by atoms with Crippen LogP contribution in [0.4, 0.5) is 5.69 Å². The van der Waals surface area contributed by atoms with Crippen LogP contribution in [0.5, 0.6) is 5.75 Å². The fraction of sp³-hybridized carbons (Fsp3) is 0.316. The summed E-state index contributed by atoms with van der Waals surface area (Å²) < 4.78 is 5.22. The Kier molecular flexibility index (Phi) is 6.84. The molecule has 25 heavy (non-hydrogen) atoms. The van der Waals surface area contributed by atoms with Crippen LogP contribution in [0.3, 0.4) is 0 Å². The van der Waals surface area contributed by atoms with Crippen LogP contribution in [0.25, 0.3) is 0 Å². The average molecular weight is 355 g/mol. The zero-order valence-electron chi connectivity index (χ0n) is 14.6. The molecule has 0 radical (unpaired) electrons. The molecule has 0 unspecified atom stereocenters. The van der Waals surface area contributed by atoms with E-state index < -0.39 is 0 Å². The molecule has 0 aliphatic rings. The largest absolute Gasteiger partial charge is 0.495 e. The minimum absolute atomic E-state index is 0.101. The Hall–Kier alpha value is -2.52. The summed E-state index contributed by atoms with van der Waals surface area (Å²) in [6.45, 7) is 4.12. The van der Waals surface area contributed by atoms with Crippen molar-refractivity contribution in [2.24, 2.45) is 0 Å². The maximum atomic E-state index is 12.1. The highest BCUT2D eigenvalue weighted by Gasteiger charge is 2.11. The van der Waals surface area contributed by atoms with Crippen LogP contribution in [0.15, 0.2) is 41.4 Å². The van der Waals surface area contributed by atoms with Crippen LogP contribution in [0.1, 0.15) is 37.4 Å². The molecule has 1 aromatic heterocycles. The number of nitrogens with zero attached hydrogens (tertiary/aromatic N) is 2. The summed E-state index contributed by atoms with van der Waals surface area (Å²) in [4.78, 5) is 16.7. The summed E-state index contributed by atoms with van der Waals surface area (Å²) in [5.74, 6) is 1.36. The number of benzene rings is 1. The van der Waals surface area contributed by atoms with Crippen LogP contribution in [-0.2, 0) is 4.79 Å². The third kappa shape index (κ3) is 5.23. The number of ether oxygens (including phenoxy) is 1. The zero-order valence-corrected chi connectivity index (χ0v) is 15.4. The Morgan fingerprint density at radius 2 is 2.08 bits per heavy atom. The van der Waals surface area contributed by atoms with Crippen molar-refractivity contribution in [3.63, 3.8) is 0 Å². The molecular formula is C19H21N3O2S. The fourth-order valence-electron chi connectivity index (χ4n) is 2.17. The molecule has 1 heterocycles. The molecule has 6 heteroatoms. The van der Waals surface area contributed by atoms with E-state index >= 15 is 0 Å². The van der Waals surface area contributed by atoms with Gasteiger partial charge in [-0.3, -0.25) is 4.79 Å². The summed E-state index contributed by atoms with van der Waals surface area (Å²) in [5, 5.41) is 12.7. The topological polar surface area (TPSA) is 75.0 Å². The second kappa shape index (κ2) is 9.09. The van der Waals surface area contributed by atoms with E-state index in [2.05, 4.69) is 30.2 Å². The number of thioether (sulfide) groups is 1. The van der Waals surface area contributed by atoms with Crippen LogP contribution >= 0.6 is 11.8 Å². The van der Waals surface area contributed by atoms with Crippen LogP contribution in [-0.4, -0.2) is 23.8 Å². The number of amides is 1. The Morgan fingerprint density at radius 1 is 1.32 bits per heavy atom. The molecule has 130 valence electrons. The smallest absolute Gasteiger partial charge is 0.225 e. The molecule has 0 aliphatic carbocycles. The lowest BCUT2D eigenvalue weighted by Crippen LogP contribution is -2.13. The number of nitriles is 1. The number of anilines is 1. The van der Waals surface area contributed by atoms with Crippen molar-refractivity contribution in [2.45, 2.75) is 31.2 Å². The van der Waals surface area contributed by atoms with Crippen molar-refractivity contribution in [2.75, 3.05) is 18.2 Å². The first kappa shape index (κ1) is 18.8. The predicted octanol–water partition coefficient (Wildman–Crippen LogP) is 4.21. The van der Waals surface area contributed by atoms with E-state index in [9.17, 15) is 10.1 Å². The maximum absolute atomic E-state index is 12.1. The second-order valence-corrected chi connectivity index (χ2v) is 6.79. The first-order valence-corrected chi connectivity index (χ1v) is 9.00. The lowest BCUT2D eigenvalue weighted by molar-refractivity contribution is -0.115. The molecule has 1 N–H and O–H groups in total. The van der Waals surface area contributed by atoms with E-state index in [0.717, 1.165) is 5.69 Å². The van der Waals surface area contributed by atoms with Crippen molar-refractivity contribution < 1.29 is 9.53 Å². The summed E-state index contributed by atoms with van der Waals surface area (Å²) in [7, 11) is 1.57. The highest BCUT2D eigenvalue weighted by atomic mass is 32.2. The minimum atomic E-state index is -0.101. The van der Waals surface area contributed by atoms with Crippen LogP contribution < -0.4 is 10.1 Å². The summed E-state index contributed by atoms with van der Waals surface area (Å²) >= 11 is 1.43. The van der Waals surface area contributed by atoms with Gasteiger partial charge in [0.25, 0.3) is 0 Å². The number of nitrogens with one attached hydrogen (secondary N) is 1. The standard InChI is InChI=1S/C19H21N3O2S/c1-13(2)15-9-8-14(12-20)19(22-15)25-11-10-18(23)21-16-6-4-5-7-17(16)24-3/h4-9,13H,10-11H2,1-3H3,(H,21,23). The summed E-state index contributed by atoms with van der Waals surface area (Å²) in [6.07, 6.45) is 0.321. The molecule has 0 atom stereocenters. The molecule has 1 aromatic carbocycles. The zero-order chi connectivity index (χ0) is 18.2. The van der Waals surface area contributed by atoms with Gasteiger partial charge in [0.05, 0.1) is 18.4 Å². The van der Waals surface area contributed by atoms with Crippen LogP contribution in [0, 0.1) is 11.3 Å². The third-order valence-corrected chi connectivity index (χ3v) is 4.54. The van der Waals surface area contributed by atoms with Gasteiger partial charge in [-0.15, -0.1) is 11.8 Å². The minimum Gasteiger partial charge on any atom is -0.495 e. The normalized spacial score (nSPS) is 10.4. The van der Waals surface area contributed by atoms with Gasteiger partial charge in [-0.25, -0.2) is 4.98 Å². The van der Waals surface area contributed by atoms with Gasteiger partial charge in [-0.05, 0) is 30.2 Å². The molecule has 0 saturated carbocycles. The number of carbonyl (C=O) groups is 1. The molecule has 0 spiro atoms. The van der Waals surface area contributed by atoms with E-state index in [1.807, 2.05) is 18.2 Å². The summed E-state index contributed by atoms with van der Waals surface area (Å²) in [5.41, 5.74) is 2.14. The number of carbonyl (C=O) groups excluding carboxylic acids is 1. The monoisotopic (exact) mass is 355 g/mol. The number of aromatic nitrogens is 1. The highest BCUT2D eigenvalue weighted by Crippen LogP contribution is 2.25. The first-order valence-electron chi connectivity index (χ1n) is 8.02. The van der Waals surface area contributed by atoms with E-state index in [1.165, 1.54) is 11.8 Å². The average Bonchev–Trinajstić information content (AvgIpc) is 2.62. The quantitative estimate of drug-likeness (QED) is 0.753. The van der Waals surface area contributed by atoms with Gasteiger partial charge in [-0.2, -0.15) is 5.26 Å². The molecule has 0 saturated heterocycles. The van der Waals surface area contributed by atoms with Crippen molar-refractivity contribution in [1.82, 2.24) is 4.98 Å². The van der Waals surface area contributed by atoms with Gasteiger partial charge in [0.15, 0.2) is 0 Å². The van der Waals surface area contributed by atoms with E-state index in [-0.39, 0.29) is 5.91 Å². The molecule has 5 nitrogen and oxygen atoms in total. The number of pyridine rings is 1. The number of methoxy groups -OCH3 is 1. The van der Waals surface area contributed by atoms with Crippen molar-refractivity contribution in [3.8, 4) is 11.8 Å². The molecule has 1 amide bonds. The van der Waals surface area contributed by atoms with Crippen molar-refractivity contribution in [3.05, 3.63) is 47.7 Å². The van der Waals surface area contributed by atoms with Crippen molar-refractivity contribution in [1.29, 1.82) is 5.26 Å². The number of rotatable bonds is 7. The Balaban J connectivity index is 1.95. The van der Waals surface area contributed by atoms with Gasteiger partial charge >= 0.3 is 0 Å². The van der Waals surface area contributed by atoms with E-state index in [0.29, 0.717) is 40.1 Å².